The van der Waals surface area contributed by atoms with Gasteiger partial charge in [-0.05, 0) is 30.2 Å². The van der Waals surface area contributed by atoms with Crippen molar-refractivity contribution in [2.24, 2.45) is 0 Å². The first-order chi connectivity index (χ1) is 10.7. The van der Waals surface area contributed by atoms with Crippen molar-refractivity contribution in [3.05, 3.63) is 11.8 Å². The van der Waals surface area contributed by atoms with E-state index in [4.69, 9.17) is 9.26 Å². The molecule has 0 saturated carbocycles. The quantitative estimate of drug-likeness (QED) is 0.813. The van der Waals surface area contributed by atoms with Crippen LogP contribution >= 0.6 is 11.8 Å². The van der Waals surface area contributed by atoms with Crippen LogP contribution < -0.4 is 5.32 Å². The first-order valence-corrected chi connectivity index (χ1v) is 7.92. The smallest absolute Gasteiger partial charge is 0.236 e. The average molecular weight is 324 g/mol. The highest BCUT2D eigenvalue weighted by Crippen LogP contribution is 2.24. The van der Waals surface area contributed by atoms with Crippen LogP contribution in [0.4, 0.5) is 5.82 Å². The molecule has 0 atom stereocenters. The Labute approximate surface area is 130 Å². The number of thioether (sulfide) groups is 1. The van der Waals surface area contributed by atoms with Gasteiger partial charge in [0.15, 0.2) is 5.82 Å². The summed E-state index contributed by atoms with van der Waals surface area (Å²) >= 11 is 1.30. The predicted molar refractivity (Wildman–Crippen MR) is 77.5 cm³/mol. The number of aryl methyl sites for hydroxylation is 1. The van der Waals surface area contributed by atoms with Crippen molar-refractivity contribution < 1.29 is 14.1 Å². The van der Waals surface area contributed by atoms with Gasteiger partial charge in [0.25, 0.3) is 0 Å². The summed E-state index contributed by atoms with van der Waals surface area (Å²) in [5, 5.41) is 18.7. The van der Waals surface area contributed by atoms with Crippen LogP contribution in [-0.4, -0.2) is 50.2 Å². The minimum Gasteiger partial charge on any atom is -0.381 e. The van der Waals surface area contributed by atoms with Gasteiger partial charge in [-0.25, -0.2) is 4.68 Å². The first-order valence-electron chi connectivity index (χ1n) is 6.94. The van der Waals surface area contributed by atoms with Crippen LogP contribution in [0, 0.1) is 6.92 Å². The molecular formula is C12H16N6O3S. The number of aromatic nitrogens is 5. The topological polar surface area (TPSA) is 108 Å². The minimum absolute atomic E-state index is 0.181. The van der Waals surface area contributed by atoms with Crippen molar-refractivity contribution in [3.63, 3.8) is 0 Å². The van der Waals surface area contributed by atoms with Gasteiger partial charge in [0, 0.05) is 19.3 Å². The molecule has 0 bridgehead atoms. The number of hydrogen-bond acceptors (Lipinski definition) is 8. The molecule has 10 heteroatoms. The zero-order chi connectivity index (χ0) is 15.4. The molecule has 2 aromatic heterocycles. The van der Waals surface area contributed by atoms with Crippen molar-refractivity contribution >= 4 is 23.5 Å². The highest BCUT2D eigenvalue weighted by atomic mass is 32.2. The van der Waals surface area contributed by atoms with Crippen LogP contribution in [0.2, 0.25) is 0 Å². The SMILES string of the molecule is Cc1cc(NC(=O)CSc2nnnn2C2CCOCC2)no1. The van der Waals surface area contributed by atoms with E-state index in [0.717, 1.165) is 12.8 Å². The van der Waals surface area contributed by atoms with Gasteiger partial charge in [-0.15, -0.1) is 5.10 Å². The summed E-state index contributed by atoms with van der Waals surface area (Å²) < 4.78 is 12.0. The molecule has 0 aromatic carbocycles. The molecule has 1 amide bonds. The lowest BCUT2D eigenvalue weighted by molar-refractivity contribution is -0.113. The van der Waals surface area contributed by atoms with Crippen molar-refractivity contribution in [1.29, 1.82) is 0 Å². The monoisotopic (exact) mass is 324 g/mol. The zero-order valence-corrected chi connectivity index (χ0v) is 12.9. The molecule has 0 spiro atoms. The molecule has 0 radical (unpaired) electrons. The number of nitrogens with one attached hydrogen (secondary N) is 1. The number of nitrogens with zero attached hydrogens (tertiary/aromatic N) is 5. The van der Waals surface area contributed by atoms with Gasteiger partial charge in [-0.1, -0.05) is 16.9 Å². The molecule has 1 fully saturated rings. The van der Waals surface area contributed by atoms with Gasteiger partial charge in [0.2, 0.25) is 11.1 Å². The maximum Gasteiger partial charge on any atom is 0.236 e. The molecule has 0 unspecified atom stereocenters. The largest absolute Gasteiger partial charge is 0.381 e. The fourth-order valence-corrected chi connectivity index (χ4v) is 2.92. The maximum absolute atomic E-state index is 11.9. The fraction of sp³-hybridized carbons (Fsp3) is 0.583. The van der Waals surface area contributed by atoms with Gasteiger partial charge in [-0.2, -0.15) is 0 Å². The molecule has 9 nitrogen and oxygen atoms in total. The van der Waals surface area contributed by atoms with E-state index >= 15 is 0 Å². The Morgan fingerprint density at radius 3 is 3.05 bits per heavy atom. The Morgan fingerprint density at radius 1 is 1.50 bits per heavy atom. The van der Waals surface area contributed by atoms with E-state index in [1.807, 2.05) is 0 Å². The minimum atomic E-state index is -0.181. The molecule has 1 N–H and O–H groups in total. The summed E-state index contributed by atoms with van der Waals surface area (Å²) in [6, 6.07) is 1.89. The van der Waals surface area contributed by atoms with E-state index in [1.54, 1.807) is 17.7 Å². The van der Waals surface area contributed by atoms with E-state index in [0.29, 0.717) is 29.9 Å². The van der Waals surface area contributed by atoms with E-state index in [1.165, 1.54) is 11.8 Å². The van der Waals surface area contributed by atoms with Gasteiger partial charge in [0.1, 0.15) is 5.76 Å². The number of rotatable bonds is 5. The van der Waals surface area contributed by atoms with Crippen molar-refractivity contribution in [2.75, 3.05) is 24.3 Å². The van der Waals surface area contributed by atoms with Gasteiger partial charge in [-0.3, -0.25) is 4.79 Å². The van der Waals surface area contributed by atoms with Crippen LogP contribution in [0.25, 0.3) is 0 Å². The second kappa shape index (κ2) is 6.88. The highest BCUT2D eigenvalue weighted by Gasteiger charge is 2.21. The molecule has 1 saturated heterocycles. The van der Waals surface area contributed by atoms with E-state index in [9.17, 15) is 4.79 Å². The van der Waals surface area contributed by atoms with Crippen LogP contribution in [0.1, 0.15) is 24.6 Å². The van der Waals surface area contributed by atoms with Crippen LogP contribution in [-0.2, 0) is 9.53 Å². The number of amides is 1. The Morgan fingerprint density at radius 2 is 2.32 bits per heavy atom. The van der Waals surface area contributed by atoms with Crippen molar-refractivity contribution in [1.82, 2.24) is 25.4 Å². The summed E-state index contributed by atoms with van der Waals surface area (Å²) in [7, 11) is 0. The zero-order valence-electron chi connectivity index (χ0n) is 12.1. The van der Waals surface area contributed by atoms with E-state index in [2.05, 4.69) is 26.0 Å². The number of ether oxygens (including phenoxy) is 1. The average Bonchev–Trinajstić information content (AvgIpc) is 3.15. The Kier molecular flexibility index (Phi) is 4.68. The lowest BCUT2D eigenvalue weighted by Gasteiger charge is -2.22. The van der Waals surface area contributed by atoms with Crippen molar-refractivity contribution in [3.8, 4) is 0 Å². The number of hydrogen-bond donors (Lipinski definition) is 1. The lowest BCUT2D eigenvalue weighted by Crippen LogP contribution is -2.22. The molecule has 3 heterocycles. The summed E-state index contributed by atoms with van der Waals surface area (Å²) in [4.78, 5) is 11.9. The highest BCUT2D eigenvalue weighted by molar-refractivity contribution is 7.99. The van der Waals surface area contributed by atoms with Crippen LogP contribution in [0.5, 0.6) is 0 Å². The third-order valence-electron chi connectivity index (χ3n) is 3.23. The Hall–Kier alpha value is -1.94. The second-order valence-corrected chi connectivity index (χ2v) is 5.85. The number of tetrazole rings is 1. The third kappa shape index (κ3) is 3.63. The molecule has 22 heavy (non-hydrogen) atoms. The first kappa shape index (κ1) is 15.0. The van der Waals surface area contributed by atoms with E-state index in [-0.39, 0.29) is 17.7 Å². The Balaban J connectivity index is 1.55. The Bertz CT molecular complexity index is 636. The van der Waals surface area contributed by atoms with Crippen molar-refractivity contribution in [2.45, 2.75) is 31.0 Å². The van der Waals surface area contributed by atoms with Crippen LogP contribution in [0.3, 0.4) is 0 Å². The molecule has 0 aliphatic carbocycles. The van der Waals surface area contributed by atoms with Gasteiger partial charge < -0.3 is 14.6 Å². The molecule has 3 rings (SSSR count). The molecule has 1 aliphatic rings. The maximum atomic E-state index is 11.9. The standard InChI is InChI=1S/C12H16N6O3S/c1-8-6-10(15-21-8)13-11(19)7-22-12-14-16-17-18(12)9-2-4-20-5-3-9/h6,9H,2-5,7H2,1H3,(H,13,15,19). The summed E-state index contributed by atoms with van der Waals surface area (Å²) in [5.41, 5.74) is 0. The van der Waals surface area contributed by atoms with Crippen LogP contribution in [0.15, 0.2) is 15.7 Å². The fourth-order valence-electron chi connectivity index (χ4n) is 2.17. The molecule has 2 aromatic rings. The number of carbonyl (C=O) groups is 1. The molecule has 118 valence electrons. The van der Waals surface area contributed by atoms with E-state index < -0.39 is 0 Å². The summed E-state index contributed by atoms with van der Waals surface area (Å²) in [6.07, 6.45) is 1.76. The number of carbonyl (C=O) groups excluding carboxylic acids is 1. The summed E-state index contributed by atoms with van der Waals surface area (Å²) in [6.45, 7) is 3.18. The van der Waals surface area contributed by atoms with Gasteiger partial charge >= 0.3 is 0 Å². The summed E-state index contributed by atoms with van der Waals surface area (Å²) in [5.74, 6) is 1.08. The number of anilines is 1. The second-order valence-electron chi connectivity index (χ2n) is 4.91. The normalized spacial score (nSPS) is 15.9. The third-order valence-corrected chi connectivity index (χ3v) is 4.16. The molecule has 1 aliphatic heterocycles. The lowest BCUT2D eigenvalue weighted by atomic mass is 10.1. The predicted octanol–water partition coefficient (Wildman–Crippen LogP) is 1.05. The molecular weight excluding hydrogens is 308 g/mol. The van der Waals surface area contributed by atoms with Gasteiger partial charge in [0.05, 0.1) is 11.8 Å².